The van der Waals surface area contributed by atoms with Crippen molar-refractivity contribution >= 4 is 23.4 Å². The Morgan fingerprint density at radius 2 is 1.91 bits per heavy atom. The van der Waals surface area contributed by atoms with E-state index in [1.54, 1.807) is 18.2 Å². The molecule has 2 bridgehead atoms. The molecule has 2 atom stereocenters. The van der Waals surface area contributed by atoms with Crippen LogP contribution in [0.5, 0.6) is 11.5 Å². The maximum absolute atomic E-state index is 13.0. The molecule has 1 aromatic heterocycles. The largest absolute Gasteiger partial charge is 0.480 e. The zero-order valence-corrected chi connectivity index (χ0v) is 19.6. The van der Waals surface area contributed by atoms with Crippen LogP contribution in [0.4, 0.5) is 8.78 Å². The Hall–Kier alpha value is -2.98. The van der Waals surface area contributed by atoms with Gasteiger partial charge in [0.1, 0.15) is 17.2 Å². The van der Waals surface area contributed by atoms with E-state index in [0.717, 1.165) is 6.20 Å². The third-order valence-electron chi connectivity index (χ3n) is 6.80. The molecule has 3 N–H and O–H groups in total. The summed E-state index contributed by atoms with van der Waals surface area (Å²) in [5.74, 6) is -0.440. The van der Waals surface area contributed by atoms with Crippen molar-refractivity contribution in [2.45, 2.75) is 68.4 Å². The first-order valence-corrected chi connectivity index (χ1v) is 11.6. The molecule has 0 unspecified atom stereocenters. The number of hydrogen-bond acceptors (Lipinski definition) is 6. The van der Waals surface area contributed by atoms with Gasteiger partial charge in [0.25, 0.3) is 11.8 Å². The van der Waals surface area contributed by atoms with E-state index in [2.05, 4.69) is 20.4 Å². The molecule has 1 aliphatic heterocycles. The summed E-state index contributed by atoms with van der Waals surface area (Å²) < 4.78 is 36.2. The number of amides is 2. The maximum Gasteiger partial charge on any atom is 0.394 e. The van der Waals surface area contributed by atoms with Crippen LogP contribution in [0.2, 0.25) is 5.02 Å². The predicted octanol–water partition coefficient (Wildman–Crippen LogP) is 3.52. The molecular weight excluding hydrogens is 484 g/mol. The molecule has 35 heavy (non-hydrogen) atoms. The van der Waals surface area contributed by atoms with E-state index in [-0.39, 0.29) is 23.8 Å². The maximum atomic E-state index is 13.0. The number of aliphatic hydroxyl groups excluding tert-OH is 1. The second kappa shape index (κ2) is 8.30. The van der Waals surface area contributed by atoms with Crippen LogP contribution in [-0.2, 0) is 4.79 Å². The molecule has 3 fully saturated rings. The van der Waals surface area contributed by atoms with Gasteiger partial charge in [0.15, 0.2) is 6.10 Å². The second-order valence-corrected chi connectivity index (χ2v) is 10.1. The molecule has 2 heterocycles. The van der Waals surface area contributed by atoms with Crippen molar-refractivity contribution in [3.63, 3.8) is 0 Å². The summed E-state index contributed by atoms with van der Waals surface area (Å²) in [5, 5.41) is 17.0. The van der Waals surface area contributed by atoms with Gasteiger partial charge in [0.05, 0.1) is 12.3 Å². The average molecular weight is 508 g/mol. The van der Waals surface area contributed by atoms with Crippen LogP contribution in [0.15, 0.2) is 36.5 Å². The molecule has 0 spiro atoms. The van der Waals surface area contributed by atoms with Crippen molar-refractivity contribution in [3.05, 3.63) is 52.8 Å². The Morgan fingerprint density at radius 1 is 1.20 bits per heavy atom. The summed E-state index contributed by atoms with van der Waals surface area (Å²) in [6, 6.07) is 7.50. The number of rotatable bonds is 6. The van der Waals surface area contributed by atoms with Gasteiger partial charge in [-0.05, 0) is 56.0 Å². The highest BCUT2D eigenvalue weighted by Crippen LogP contribution is 2.55. The Bertz CT molecular complexity index is 1160. The quantitative estimate of drug-likeness (QED) is 0.552. The first-order valence-electron chi connectivity index (χ1n) is 11.3. The number of carbonyl (C=O) groups excluding carboxylic acids is 2. The lowest BCUT2D eigenvalue weighted by atomic mass is 9.71. The van der Waals surface area contributed by atoms with Gasteiger partial charge >= 0.3 is 6.11 Å². The van der Waals surface area contributed by atoms with Gasteiger partial charge in [-0.2, -0.15) is 8.78 Å². The molecule has 2 aromatic rings. The normalized spacial score (nSPS) is 28.8. The van der Waals surface area contributed by atoms with E-state index in [0.29, 0.717) is 48.9 Å². The first kappa shape index (κ1) is 23.7. The predicted molar refractivity (Wildman–Crippen MR) is 120 cm³/mol. The molecule has 186 valence electrons. The topological polar surface area (TPSA) is 110 Å². The van der Waals surface area contributed by atoms with Gasteiger partial charge in [-0.3, -0.25) is 9.59 Å². The smallest absolute Gasteiger partial charge is 0.394 e. The number of alkyl halides is 2. The lowest BCUT2D eigenvalue weighted by molar-refractivity contribution is -0.159. The molecule has 1 aromatic carbocycles. The van der Waals surface area contributed by atoms with Crippen LogP contribution in [0.3, 0.4) is 0 Å². The highest BCUT2D eigenvalue weighted by Gasteiger charge is 2.62. The number of carbonyl (C=O) groups is 2. The summed E-state index contributed by atoms with van der Waals surface area (Å²) in [7, 11) is 0. The Labute approximate surface area is 205 Å². The summed E-state index contributed by atoms with van der Waals surface area (Å²) in [5.41, 5.74) is -0.268. The zero-order valence-electron chi connectivity index (χ0n) is 18.8. The molecule has 0 saturated heterocycles. The average Bonchev–Trinajstić information content (AvgIpc) is 3.28. The van der Waals surface area contributed by atoms with Crippen LogP contribution < -0.4 is 20.1 Å². The first-order chi connectivity index (χ1) is 16.4. The number of nitrogens with zero attached hydrogens (tertiary/aromatic N) is 1. The fraction of sp³-hybridized carbons (Fsp3) is 0.458. The number of ether oxygens (including phenoxy) is 2. The van der Waals surface area contributed by atoms with E-state index in [9.17, 15) is 23.5 Å². The van der Waals surface area contributed by atoms with Crippen molar-refractivity contribution < 1.29 is 33.0 Å². The summed E-state index contributed by atoms with van der Waals surface area (Å²) in [4.78, 5) is 29.5. The molecule has 11 heteroatoms. The number of benzene rings is 1. The highest BCUT2D eigenvalue weighted by molar-refractivity contribution is 6.30. The molecule has 8 nitrogen and oxygen atoms in total. The van der Waals surface area contributed by atoms with E-state index >= 15 is 0 Å². The molecule has 3 saturated carbocycles. The number of aliphatic hydroxyl groups is 1. The lowest BCUT2D eigenvalue weighted by Crippen LogP contribution is -2.65. The Kier molecular flexibility index (Phi) is 5.63. The summed E-state index contributed by atoms with van der Waals surface area (Å²) >= 11 is 5.98. The lowest BCUT2D eigenvalue weighted by Gasteiger charge is -2.48. The molecule has 2 amide bonds. The minimum Gasteiger partial charge on any atom is -0.480 e. The van der Waals surface area contributed by atoms with Crippen LogP contribution in [-0.4, -0.2) is 45.2 Å². The van der Waals surface area contributed by atoms with Gasteiger partial charge in [0.2, 0.25) is 0 Å². The number of nitrogens with one attached hydrogen (secondary N) is 2. The third kappa shape index (κ3) is 4.77. The minimum atomic E-state index is -3.34. The number of hydrogen-bond donors (Lipinski definition) is 3. The van der Waals surface area contributed by atoms with Gasteiger partial charge in [-0.15, -0.1) is 0 Å². The number of fused-ring (bicyclic) bond motifs is 2. The molecule has 0 radical (unpaired) electrons. The number of halogens is 3. The molecule has 6 rings (SSSR count). The Morgan fingerprint density at radius 3 is 2.57 bits per heavy atom. The van der Waals surface area contributed by atoms with Gasteiger partial charge in [-0.25, -0.2) is 4.98 Å². The molecule has 4 aliphatic rings. The van der Waals surface area contributed by atoms with E-state index in [1.165, 1.54) is 12.1 Å². The summed E-state index contributed by atoms with van der Waals surface area (Å²) in [6.45, 7) is 0.617. The number of aromatic nitrogens is 1. The highest BCUT2D eigenvalue weighted by atomic mass is 35.5. The fourth-order valence-corrected chi connectivity index (χ4v) is 5.57. The van der Waals surface area contributed by atoms with Crippen LogP contribution in [0.25, 0.3) is 0 Å². The van der Waals surface area contributed by atoms with Crippen molar-refractivity contribution in [3.8, 4) is 11.5 Å². The SMILES string of the molecule is CC(F)(F)Oc1ccc(C(=O)NC23CCC(NC(=O)[C@H]4C[C@@H](O)c5cc(Cl)ccc5O4)(C2)C3)nc1. The number of pyridine rings is 1. The van der Waals surface area contributed by atoms with Crippen LogP contribution in [0.1, 0.15) is 61.2 Å². The van der Waals surface area contributed by atoms with Crippen molar-refractivity contribution in [1.82, 2.24) is 15.6 Å². The standard InChI is InChI=1S/C24H24ClF2N3O5/c1-22(26,27)35-14-3-4-16(28-10-14)20(32)29-23-6-7-24(11-23,12-23)30-21(33)19-9-17(31)15-8-13(25)2-5-18(15)34-19/h2-5,8,10,17,19,31H,6-7,9,11-12H2,1H3,(H,29,32)(H,30,33)/t17-,19-,23?,24?/m1/s1. The van der Waals surface area contributed by atoms with E-state index in [1.807, 2.05) is 0 Å². The second-order valence-electron chi connectivity index (χ2n) is 9.69. The third-order valence-corrected chi connectivity index (χ3v) is 7.03. The van der Waals surface area contributed by atoms with Gasteiger partial charge < -0.3 is 25.2 Å². The van der Waals surface area contributed by atoms with Crippen molar-refractivity contribution in [2.75, 3.05) is 0 Å². The monoisotopic (exact) mass is 507 g/mol. The Balaban J connectivity index is 1.17. The van der Waals surface area contributed by atoms with Gasteiger partial charge in [0, 0.05) is 35.0 Å². The van der Waals surface area contributed by atoms with E-state index in [4.69, 9.17) is 16.3 Å². The van der Waals surface area contributed by atoms with Crippen molar-refractivity contribution in [1.29, 1.82) is 0 Å². The van der Waals surface area contributed by atoms with Crippen LogP contribution in [0, 0.1) is 0 Å². The minimum absolute atomic E-state index is 0.0861. The zero-order chi connectivity index (χ0) is 25.0. The summed E-state index contributed by atoms with van der Waals surface area (Å²) in [6.07, 6.45) is -1.36. The van der Waals surface area contributed by atoms with E-state index < -0.39 is 35.3 Å². The molecular formula is C24H24ClF2N3O5. The fourth-order valence-electron chi connectivity index (χ4n) is 5.38. The van der Waals surface area contributed by atoms with Crippen molar-refractivity contribution in [2.24, 2.45) is 0 Å². The molecule has 3 aliphatic carbocycles. The van der Waals surface area contributed by atoms with Gasteiger partial charge in [-0.1, -0.05) is 11.6 Å². The van der Waals surface area contributed by atoms with Crippen LogP contribution >= 0.6 is 11.6 Å².